The first-order chi connectivity index (χ1) is 10.4. The summed E-state index contributed by atoms with van der Waals surface area (Å²) >= 11 is 0. The number of hydrogen-bond donors (Lipinski definition) is 1. The molecule has 1 aromatic rings. The van der Waals surface area contributed by atoms with E-state index in [-0.39, 0.29) is 17.9 Å². The van der Waals surface area contributed by atoms with Gasteiger partial charge in [-0.25, -0.2) is 8.42 Å². The third-order valence-electron chi connectivity index (χ3n) is 4.17. The van der Waals surface area contributed by atoms with E-state index >= 15 is 0 Å². The summed E-state index contributed by atoms with van der Waals surface area (Å²) in [5, 5.41) is 3.39. The zero-order valence-electron chi connectivity index (χ0n) is 13.8. The Kier molecular flexibility index (Phi) is 5.87. The van der Waals surface area contributed by atoms with Crippen molar-refractivity contribution in [2.75, 3.05) is 11.5 Å². The Bertz CT molecular complexity index is 598. The van der Waals surface area contributed by atoms with Crippen LogP contribution in [0, 0.1) is 6.92 Å². The third-order valence-corrected chi connectivity index (χ3v) is 5.99. The van der Waals surface area contributed by atoms with Gasteiger partial charge in [0.25, 0.3) is 0 Å². The smallest absolute Gasteiger partial charge is 0.151 e. The van der Waals surface area contributed by atoms with E-state index in [1.165, 1.54) is 5.56 Å². The van der Waals surface area contributed by atoms with Gasteiger partial charge in [0.05, 0.1) is 17.6 Å². The summed E-state index contributed by atoms with van der Waals surface area (Å²) in [5.74, 6) is 1.49. The minimum absolute atomic E-state index is 0.0523. The molecule has 0 saturated carbocycles. The monoisotopic (exact) mass is 325 g/mol. The van der Waals surface area contributed by atoms with Crippen LogP contribution in [0.2, 0.25) is 0 Å². The lowest BCUT2D eigenvalue weighted by molar-refractivity contribution is 0.214. The first-order valence-corrected chi connectivity index (χ1v) is 9.91. The maximum Gasteiger partial charge on any atom is 0.151 e. The second kappa shape index (κ2) is 7.47. The molecule has 1 fully saturated rings. The van der Waals surface area contributed by atoms with Gasteiger partial charge in [-0.1, -0.05) is 19.1 Å². The molecule has 5 heteroatoms. The van der Waals surface area contributed by atoms with Crippen molar-refractivity contribution >= 4 is 9.84 Å². The molecular formula is C17H27NO3S. The number of sulfone groups is 1. The maximum absolute atomic E-state index is 11.7. The molecule has 1 aliphatic heterocycles. The number of benzene rings is 1. The van der Waals surface area contributed by atoms with E-state index in [1.54, 1.807) is 0 Å². The molecule has 0 aliphatic carbocycles. The standard InChI is InChI=1S/C17H27NO3S/c1-4-14(3)21-17-10-13(2)7-8-15(17)11-18-16-6-5-9-22(19,20)12-16/h7-8,10,14,16,18H,4-6,9,11-12H2,1-3H3/t14-,16-/m1/s1. The molecule has 1 N–H and O–H groups in total. The van der Waals surface area contributed by atoms with Gasteiger partial charge in [0.1, 0.15) is 5.75 Å². The highest BCUT2D eigenvalue weighted by Gasteiger charge is 2.24. The summed E-state index contributed by atoms with van der Waals surface area (Å²) < 4.78 is 29.4. The van der Waals surface area contributed by atoms with Crippen LogP contribution in [-0.2, 0) is 16.4 Å². The molecule has 1 saturated heterocycles. The van der Waals surface area contributed by atoms with E-state index in [0.29, 0.717) is 12.3 Å². The van der Waals surface area contributed by atoms with Crippen LogP contribution in [0.25, 0.3) is 0 Å². The van der Waals surface area contributed by atoms with Crippen molar-refractivity contribution in [3.63, 3.8) is 0 Å². The molecule has 0 aromatic heterocycles. The molecule has 0 spiro atoms. The van der Waals surface area contributed by atoms with Crippen LogP contribution in [0.1, 0.15) is 44.2 Å². The molecule has 0 unspecified atom stereocenters. The summed E-state index contributed by atoms with van der Waals surface area (Å²) in [7, 11) is -2.87. The number of ether oxygens (including phenoxy) is 1. The highest BCUT2D eigenvalue weighted by atomic mass is 32.2. The van der Waals surface area contributed by atoms with E-state index in [2.05, 4.69) is 37.4 Å². The van der Waals surface area contributed by atoms with Gasteiger partial charge in [0, 0.05) is 18.2 Å². The van der Waals surface area contributed by atoms with Crippen molar-refractivity contribution in [3.05, 3.63) is 29.3 Å². The zero-order valence-corrected chi connectivity index (χ0v) is 14.6. The lowest BCUT2D eigenvalue weighted by Crippen LogP contribution is -2.39. The number of nitrogens with one attached hydrogen (secondary N) is 1. The molecular weight excluding hydrogens is 298 g/mol. The molecule has 0 amide bonds. The van der Waals surface area contributed by atoms with Crippen molar-refractivity contribution in [2.24, 2.45) is 0 Å². The molecule has 0 bridgehead atoms. The second-order valence-electron chi connectivity index (χ2n) is 6.28. The molecule has 1 aliphatic rings. The van der Waals surface area contributed by atoms with Crippen LogP contribution in [0.4, 0.5) is 0 Å². The first kappa shape index (κ1) is 17.3. The minimum Gasteiger partial charge on any atom is -0.490 e. The Balaban J connectivity index is 2.02. The van der Waals surface area contributed by atoms with Crippen molar-refractivity contribution in [1.29, 1.82) is 0 Å². The van der Waals surface area contributed by atoms with E-state index < -0.39 is 9.84 Å². The lowest BCUT2D eigenvalue weighted by Gasteiger charge is -2.24. The quantitative estimate of drug-likeness (QED) is 0.874. The SMILES string of the molecule is CC[C@@H](C)Oc1cc(C)ccc1CN[C@@H]1CCCS(=O)(=O)C1. The van der Waals surface area contributed by atoms with Gasteiger partial charge < -0.3 is 10.1 Å². The van der Waals surface area contributed by atoms with Gasteiger partial charge >= 0.3 is 0 Å². The van der Waals surface area contributed by atoms with Gasteiger partial charge in [-0.2, -0.15) is 0 Å². The number of aryl methyl sites for hydroxylation is 1. The molecule has 4 nitrogen and oxygen atoms in total. The lowest BCUT2D eigenvalue weighted by atomic mass is 10.1. The summed E-state index contributed by atoms with van der Waals surface area (Å²) in [6.07, 6.45) is 2.81. The number of rotatable bonds is 6. The molecule has 2 rings (SSSR count). The molecule has 124 valence electrons. The Morgan fingerprint density at radius 2 is 2.18 bits per heavy atom. The summed E-state index contributed by atoms with van der Waals surface area (Å²) in [6.45, 7) is 6.86. The van der Waals surface area contributed by atoms with Gasteiger partial charge in [-0.05, 0) is 44.7 Å². The average molecular weight is 325 g/mol. The van der Waals surface area contributed by atoms with Crippen LogP contribution >= 0.6 is 0 Å². The maximum atomic E-state index is 11.7. The highest BCUT2D eigenvalue weighted by molar-refractivity contribution is 7.91. The van der Waals surface area contributed by atoms with Crippen LogP contribution < -0.4 is 10.1 Å². The normalized spacial score (nSPS) is 22.2. The molecule has 2 atom stereocenters. The molecule has 0 radical (unpaired) electrons. The third kappa shape index (κ3) is 4.99. The largest absolute Gasteiger partial charge is 0.490 e. The van der Waals surface area contributed by atoms with Gasteiger partial charge in [0.15, 0.2) is 9.84 Å². The van der Waals surface area contributed by atoms with E-state index in [1.807, 2.05) is 6.92 Å². The predicted molar refractivity (Wildman–Crippen MR) is 90.1 cm³/mol. The predicted octanol–water partition coefficient (Wildman–Crippen LogP) is 2.84. The summed E-state index contributed by atoms with van der Waals surface area (Å²) in [4.78, 5) is 0. The summed E-state index contributed by atoms with van der Waals surface area (Å²) in [6, 6.07) is 6.24. The fourth-order valence-electron chi connectivity index (χ4n) is 2.66. The second-order valence-corrected chi connectivity index (χ2v) is 8.51. The Labute approximate surface area is 134 Å². The Morgan fingerprint density at radius 3 is 2.86 bits per heavy atom. The molecule has 1 heterocycles. The van der Waals surface area contributed by atoms with E-state index in [0.717, 1.165) is 30.6 Å². The first-order valence-electron chi connectivity index (χ1n) is 8.09. The van der Waals surface area contributed by atoms with Crippen LogP contribution in [0.15, 0.2) is 18.2 Å². The molecule has 1 aromatic carbocycles. The topological polar surface area (TPSA) is 55.4 Å². The van der Waals surface area contributed by atoms with Crippen LogP contribution in [-0.4, -0.2) is 32.1 Å². The Morgan fingerprint density at radius 1 is 1.41 bits per heavy atom. The highest BCUT2D eigenvalue weighted by Crippen LogP contribution is 2.23. The van der Waals surface area contributed by atoms with Gasteiger partial charge in [-0.15, -0.1) is 0 Å². The Hall–Kier alpha value is -1.07. The van der Waals surface area contributed by atoms with E-state index in [4.69, 9.17) is 4.74 Å². The fraction of sp³-hybridized carbons (Fsp3) is 0.647. The fourth-order valence-corrected chi connectivity index (χ4v) is 4.33. The van der Waals surface area contributed by atoms with Crippen LogP contribution in [0.3, 0.4) is 0 Å². The molecule has 22 heavy (non-hydrogen) atoms. The number of hydrogen-bond acceptors (Lipinski definition) is 4. The van der Waals surface area contributed by atoms with E-state index in [9.17, 15) is 8.42 Å². The van der Waals surface area contributed by atoms with Gasteiger partial charge in [-0.3, -0.25) is 0 Å². The van der Waals surface area contributed by atoms with Crippen molar-refractivity contribution < 1.29 is 13.2 Å². The van der Waals surface area contributed by atoms with Crippen molar-refractivity contribution in [2.45, 2.75) is 58.7 Å². The van der Waals surface area contributed by atoms with Crippen molar-refractivity contribution in [3.8, 4) is 5.75 Å². The minimum atomic E-state index is -2.87. The summed E-state index contributed by atoms with van der Waals surface area (Å²) in [5.41, 5.74) is 2.26. The average Bonchev–Trinajstić information content (AvgIpc) is 2.45. The zero-order chi connectivity index (χ0) is 16.2. The van der Waals surface area contributed by atoms with Crippen molar-refractivity contribution in [1.82, 2.24) is 5.32 Å². The van der Waals surface area contributed by atoms with Crippen LogP contribution in [0.5, 0.6) is 5.75 Å². The van der Waals surface area contributed by atoms with Gasteiger partial charge in [0.2, 0.25) is 0 Å².